The summed E-state index contributed by atoms with van der Waals surface area (Å²) < 4.78 is 51.5. The highest BCUT2D eigenvalue weighted by Gasteiger charge is 2.26. The van der Waals surface area contributed by atoms with Gasteiger partial charge in [-0.3, -0.25) is 0 Å². The SMILES string of the molecule is COc1cc(CNCC(F)(F)F)cc(OC)c1OC. The predicted molar refractivity (Wildman–Crippen MR) is 63.9 cm³/mol. The molecule has 1 N–H and O–H groups in total. The van der Waals surface area contributed by atoms with E-state index in [1.807, 2.05) is 0 Å². The largest absolute Gasteiger partial charge is 0.493 e. The molecule has 0 saturated carbocycles. The van der Waals surface area contributed by atoms with E-state index in [0.717, 1.165) is 0 Å². The van der Waals surface area contributed by atoms with Crippen LogP contribution in [0.2, 0.25) is 0 Å². The minimum atomic E-state index is -4.24. The summed E-state index contributed by atoms with van der Waals surface area (Å²) in [6.07, 6.45) is -4.24. The summed E-state index contributed by atoms with van der Waals surface area (Å²) in [4.78, 5) is 0. The Bertz CT molecular complexity index is 396. The highest BCUT2D eigenvalue weighted by molar-refractivity contribution is 5.53. The van der Waals surface area contributed by atoms with Crippen molar-refractivity contribution in [1.29, 1.82) is 0 Å². The highest BCUT2D eigenvalue weighted by atomic mass is 19.4. The Morgan fingerprint density at radius 1 is 1.00 bits per heavy atom. The van der Waals surface area contributed by atoms with E-state index in [-0.39, 0.29) is 6.54 Å². The number of halogens is 3. The number of hydrogen-bond acceptors (Lipinski definition) is 4. The molecule has 1 rings (SSSR count). The van der Waals surface area contributed by atoms with Gasteiger partial charge in [-0.2, -0.15) is 13.2 Å². The van der Waals surface area contributed by atoms with Gasteiger partial charge in [0.1, 0.15) is 0 Å². The second kappa shape index (κ2) is 6.51. The fourth-order valence-electron chi connectivity index (χ4n) is 1.59. The van der Waals surface area contributed by atoms with Crippen molar-refractivity contribution in [3.8, 4) is 17.2 Å². The van der Waals surface area contributed by atoms with Crippen LogP contribution in [0, 0.1) is 0 Å². The van der Waals surface area contributed by atoms with Crippen LogP contribution in [0.4, 0.5) is 13.2 Å². The third kappa shape index (κ3) is 4.51. The van der Waals surface area contributed by atoms with E-state index in [2.05, 4.69) is 5.32 Å². The Morgan fingerprint density at radius 2 is 1.53 bits per heavy atom. The maximum Gasteiger partial charge on any atom is 0.401 e. The summed E-state index contributed by atoms with van der Waals surface area (Å²) >= 11 is 0. The molecule has 0 amide bonds. The van der Waals surface area contributed by atoms with Crippen LogP contribution >= 0.6 is 0 Å². The fourth-order valence-corrected chi connectivity index (χ4v) is 1.59. The summed E-state index contributed by atoms with van der Waals surface area (Å²) in [6, 6.07) is 3.20. The molecular formula is C12H16F3NO3. The molecule has 4 nitrogen and oxygen atoms in total. The first kappa shape index (κ1) is 15.4. The number of benzene rings is 1. The van der Waals surface area contributed by atoms with Crippen LogP contribution < -0.4 is 19.5 Å². The average Bonchev–Trinajstić information content (AvgIpc) is 2.35. The van der Waals surface area contributed by atoms with Crippen molar-refractivity contribution in [2.75, 3.05) is 27.9 Å². The number of alkyl halides is 3. The van der Waals surface area contributed by atoms with Gasteiger partial charge >= 0.3 is 6.18 Å². The molecule has 0 bridgehead atoms. The van der Waals surface area contributed by atoms with Gasteiger partial charge in [-0.25, -0.2) is 0 Å². The van der Waals surface area contributed by atoms with Gasteiger partial charge < -0.3 is 19.5 Å². The van der Waals surface area contributed by atoms with Crippen molar-refractivity contribution in [3.05, 3.63) is 17.7 Å². The Kier molecular flexibility index (Phi) is 5.29. The highest BCUT2D eigenvalue weighted by Crippen LogP contribution is 2.38. The average molecular weight is 279 g/mol. The zero-order valence-corrected chi connectivity index (χ0v) is 10.9. The molecule has 0 spiro atoms. The summed E-state index contributed by atoms with van der Waals surface area (Å²) in [5.74, 6) is 1.22. The molecule has 0 saturated heterocycles. The number of hydrogen-bond donors (Lipinski definition) is 1. The number of ether oxygens (including phenoxy) is 3. The number of nitrogens with one attached hydrogen (secondary N) is 1. The summed E-state index contributed by atoms with van der Waals surface area (Å²) in [5.41, 5.74) is 0.610. The molecule has 19 heavy (non-hydrogen) atoms. The van der Waals surface area contributed by atoms with Gasteiger partial charge in [-0.15, -0.1) is 0 Å². The monoisotopic (exact) mass is 279 g/mol. The second-order valence-corrected chi connectivity index (χ2v) is 3.75. The van der Waals surface area contributed by atoms with Crippen LogP contribution in [-0.4, -0.2) is 34.1 Å². The number of methoxy groups -OCH3 is 3. The molecule has 0 aliphatic carbocycles. The minimum Gasteiger partial charge on any atom is -0.493 e. The van der Waals surface area contributed by atoms with E-state index in [1.165, 1.54) is 21.3 Å². The van der Waals surface area contributed by atoms with Crippen LogP contribution in [0.15, 0.2) is 12.1 Å². The number of rotatable bonds is 6. The molecule has 1 aromatic rings. The summed E-state index contributed by atoms with van der Waals surface area (Å²) in [7, 11) is 4.36. The summed E-state index contributed by atoms with van der Waals surface area (Å²) in [6.45, 7) is -1.00. The van der Waals surface area contributed by atoms with Crippen molar-refractivity contribution in [2.45, 2.75) is 12.7 Å². The lowest BCUT2D eigenvalue weighted by Crippen LogP contribution is -2.28. The maximum absolute atomic E-state index is 12.0. The topological polar surface area (TPSA) is 39.7 Å². The molecule has 0 atom stereocenters. The predicted octanol–water partition coefficient (Wildman–Crippen LogP) is 2.36. The Morgan fingerprint density at radius 3 is 1.89 bits per heavy atom. The van der Waals surface area contributed by atoms with Crippen molar-refractivity contribution in [2.24, 2.45) is 0 Å². The fraction of sp³-hybridized carbons (Fsp3) is 0.500. The van der Waals surface area contributed by atoms with E-state index in [0.29, 0.717) is 22.8 Å². The first-order valence-electron chi connectivity index (χ1n) is 5.47. The van der Waals surface area contributed by atoms with Gasteiger partial charge in [0, 0.05) is 6.54 Å². The van der Waals surface area contributed by atoms with Gasteiger partial charge in [0.25, 0.3) is 0 Å². The van der Waals surface area contributed by atoms with Crippen molar-refractivity contribution >= 4 is 0 Å². The maximum atomic E-state index is 12.0. The van der Waals surface area contributed by atoms with Gasteiger partial charge in [0.15, 0.2) is 11.5 Å². The molecule has 0 aliphatic heterocycles. The van der Waals surface area contributed by atoms with Crippen molar-refractivity contribution in [1.82, 2.24) is 5.32 Å². The molecule has 0 radical (unpaired) electrons. The Labute approximate surface area is 109 Å². The van der Waals surface area contributed by atoms with Crippen LogP contribution in [-0.2, 0) is 6.54 Å². The zero-order valence-electron chi connectivity index (χ0n) is 10.9. The first-order valence-corrected chi connectivity index (χ1v) is 5.47. The zero-order chi connectivity index (χ0) is 14.5. The first-order chi connectivity index (χ1) is 8.91. The van der Waals surface area contributed by atoms with Crippen molar-refractivity contribution < 1.29 is 27.4 Å². The quantitative estimate of drug-likeness (QED) is 0.867. The molecule has 108 valence electrons. The van der Waals surface area contributed by atoms with Gasteiger partial charge in [-0.1, -0.05) is 0 Å². The molecule has 0 heterocycles. The molecule has 0 aromatic heterocycles. The molecule has 0 fully saturated rings. The molecule has 0 unspecified atom stereocenters. The third-order valence-corrected chi connectivity index (χ3v) is 2.38. The third-order valence-electron chi connectivity index (χ3n) is 2.38. The van der Waals surface area contributed by atoms with E-state index in [4.69, 9.17) is 14.2 Å². The van der Waals surface area contributed by atoms with Gasteiger partial charge in [-0.05, 0) is 17.7 Å². The smallest absolute Gasteiger partial charge is 0.401 e. The van der Waals surface area contributed by atoms with E-state index < -0.39 is 12.7 Å². The lowest BCUT2D eigenvalue weighted by molar-refractivity contribution is -0.125. The normalized spacial score (nSPS) is 11.3. The van der Waals surface area contributed by atoms with E-state index >= 15 is 0 Å². The van der Waals surface area contributed by atoms with Crippen LogP contribution in [0.5, 0.6) is 17.2 Å². The molecule has 1 aromatic carbocycles. The molecule has 7 heteroatoms. The van der Waals surface area contributed by atoms with E-state index in [9.17, 15) is 13.2 Å². The van der Waals surface area contributed by atoms with Gasteiger partial charge in [0.05, 0.1) is 27.9 Å². The molecular weight excluding hydrogens is 263 g/mol. The second-order valence-electron chi connectivity index (χ2n) is 3.75. The Hall–Kier alpha value is -1.63. The minimum absolute atomic E-state index is 0.0518. The summed E-state index contributed by atoms with van der Waals surface area (Å²) in [5, 5.41) is 2.30. The van der Waals surface area contributed by atoms with Crippen LogP contribution in [0.3, 0.4) is 0 Å². The lowest BCUT2D eigenvalue weighted by atomic mass is 10.2. The van der Waals surface area contributed by atoms with Crippen molar-refractivity contribution in [3.63, 3.8) is 0 Å². The lowest BCUT2D eigenvalue weighted by Gasteiger charge is -2.14. The molecule has 0 aliphatic rings. The van der Waals surface area contributed by atoms with Crippen LogP contribution in [0.25, 0.3) is 0 Å². The van der Waals surface area contributed by atoms with E-state index in [1.54, 1.807) is 12.1 Å². The standard InChI is InChI=1S/C12H16F3NO3/c1-17-9-4-8(6-16-7-12(13,14)15)5-10(18-2)11(9)19-3/h4-5,16H,6-7H2,1-3H3. The van der Waals surface area contributed by atoms with Crippen LogP contribution in [0.1, 0.15) is 5.56 Å². The Balaban J connectivity index is 2.85. The van der Waals surface area contributed by atoms with Gasteiger partial charge in [0.2, 0.25) is 5.75 Å².